The number of carbonyl (C=O) groups excluding carboxylic acids is 1. The number of aromatic nitrogens is 2. The number of rotatable bonds is 3. The van der Waals surface area contributed by atoms with E-state index in [9.17, 15) is 4.79 Å². The average Bonchev–Trinajstić information content (AvgIpc) is 2.47. The molecule has 1 aliphatic rings. The fourth-order valence-electron chi connectivity index (χ4n) is 2.11. The van der Waals surface area contributed by atoms with Crippen LogP contribution in [0.1, 0.15) is 17.3 Å². The molecular weight excluding hydrogens is 230 g/mol. The average molecular weight is 249 g/mol. The van der Waals surface area contributed by atoms with Gasteiger partial charge in [-0.1, -0.05) is 0 Å². The maximum absolute atomic E-state index is 12.1. The van der Waals surface area contributed by atoms with Crippen LogP contribution in [0.15, 0.2) is 18.7 Å². The molecule has 1 aromatic rings. The molecule has 2 rings (SSSR count). The molecule has 1 amide bonds. The van der Waals surface area contributed by atoms with Crippen molar-refractivity contribution in [2.45, 2.75) is 13.0 Å². The predicted octanol–water partition coefficient (Wildman–Crippen LogP) is -0.418. The summed E-state index contributed by atoms with van der Waals surface area (Å²) >= 11 is 0. The van der Waals surface area contributed by atoms with Crippen LogP contribution in [0.3, 0.4) is 0 Å². The summed E-state index contributed by atoms with van der Waals surface area (Å²) in [6, 6.07) is 0.377. The summed E-state index contributed by atoms with van der Waals surface area (Å²) in [6.07, 6.45) is 4.55. The van der Waals surface area contributed by atoms with Crippen LogP contribution >= 0.6 is 0 Å². The molecule has 0 bridgehead atoms. The second-order valence-electron chi connectivity index (χ2n) is 4.54. The van der Waals surface area contributed by atoms with Crippen LogP contribution in [0.5, 0.6) is 0 Å². The molecule has 0 saturated carbocycles. The maximum Gasteiger partial charge on any atom is 0.257 e. The fourth-order valence-corrected chi connectivity index (χ4v) is 2.11. The smallest absolute Gasteiger partial charge is 0.257 e. The highest BCUT2D eigenvalue weighted by Crippen LogP contribution is 2.09. The minimum absolute atomic E-state index is 0.00986. The number of nitrogens with two attached hydrogens (primary N) is 1. The van der Waals surface area contributed by atoms with Crippen LogP contribution in [0.2, 0.25) is 0 Å². The number of carbonyl (C=O) groups is 1. The van der Waals surface area contributed by atoms with Gasteiger partial charge in [-0.15, -0.1) is 0 Å². The van der Waals surface area contributed by atoms with Crippen molar-refractivity contribution in [3.63, 3.8) is 0 Å². The zero-order chi connectivity index (χ0) is 13.0. The molecule has 0 radical (unpaired) electrons. The number of nitrogens with zero attached hydrogens (tertiary/aromatic N) is 4. The van der Waals surface area contributed by atoms with E-state index < -0.39 is 0 Å². The Morgan fingerprint density at radius 1 is 1.33 bits per heavy atom. The van der Waals surface area contributed by atoms with Gasteiger partial charge in [0.25, 0.3) is 5.91 Å². The van der Waals surface area contributed by atoms with Gasteiger partial charge in [0.05, 0.1) is 5.56 Å². The number of hydrogen-bond donors (Lipinski definition) is 1. The second kappa shape index (κ2) is 5.88. The molecule has 2 N–H and O–H groups in total. The van der Waals surface area contributed by atoms with Gasteiger partial charge in [0, 0.05) is 51.2 Å². The van der Waals surface area contributed by atoms with Crippen molar-refractivity contribution in [2.24, 2.45) is 5.73 Å². The molecule has 6 heteroatoms. The molecule has 1 atom stereocenters. The van der Waals surface area contributed by atoms with Crippen LogP contribution in [0, 0.1) is 0 Å². The summed E-state index contributed by atoms with van der Waals surface area (Å²) in [5, 5.41) is 0. The Morgan fingerprint density at radius 2 is 1.94 bits per heavy atom. The quantitative estimate of drug-likeness (QED) is 0.787. The van der Waals surface area contributed by atoms with E-state index in [0.717, 1.165) is 26.2 Å². The third-order valence-electron chi connectivity index (χ3n) is 3.37. The largest absolute Gasteiger partial charge is 0.336 e. The lowest BCUT2D eigenvalue weighted by Crippen LogP contribution is -2.52. The molecule has 1 saturated heterocycles. The fraction of sp³-hybridized carbons (Fsp3) is 0.583. The van der Waals surface area contributed by atoms with Crippen LogP contribution in [-0.4, -0.2) is 64.4 Å². The molecule has 1 aromatic heterocycles. The van der Waals surface area contributed by atoms with E-state index in [4.69, 9.17) is 5.73 Å². The molecule has 98 valence electrons. The summed E-state index contributed by atoms with van der Waals surface area (Å²) in [7, 11) is 0. The standard InChI is InChI=1S/C12H19N5O/c1-10(6-13)16-2-4-17(5-3-16)12(18)11-7-14-9-15-8-11/h7-10H,2-6,13H2,1H3. The Bertz CT molecular complexity index is 389. The minimum Gasteiger partial charge on any atom is -0.336 e. The van der Waals surface area contributed by atoms with Gasteiger partial charge in [-0.3, -0.25) is 9.69 Å². The Labute approximate surface area is 107 Å². The summed E-state index contributed by atoms with van der Waals surface area (Å²) in [4.78, 5) is 24.0. The third-order valence-corrected chi connectivity index (χ3v) is 3.37. The van der Waals surface area contributed by atoms with E-state index >= 15 is 0 Å². The highest BCUT2D eigenvalue weighted by atomic mass is 16.2. The molecule has 1 fully saturated rings. The maximum atomic E-state index is 12.1. The van der Waals surface area contributed by atoms with Gasteiger partial charge in [-0.05, 0) is 6.92 Å². The van der Waals surface area contributed by atoms with Gasteiger partial charge in [-0.25, -0.2) is 9.97 Å². The molecule has 0 aromatic carbocycles. The van der Waals surface area contributed by atoms with Gasteiger partial charge in [0.1, 0.15) is 6.33 Å². The Balaban J connectivity index is 1.92. The van der Waals surface area contributed by atoms with Crippen molar-refractivity contribution >= 4 is 5.91 Å². The summed E-state index contributed by atoms with van der Waals surface area (Å²) in [6.45, 7) is 5.98. The van der Waals surface area contributed by atoms with Crippen LogP contribution < -0.4 is 5.73 Å². The first-order valence-corrected chi connectivity index (χ1v) is 6.20. The van der Waals surface area contributed by atoms with Crippen molar-refractivity contribution in [1.82, 2.24) is 19.8 Å². The minimum atomic E-state index is 0.00986. The molecular formula is C12H19N5O. The SMILES string of the molecule is CC(CN)N1CCN(C(=O)c2cncnc2)CC1. The zero-order valence-corrected chi connectivity index (χ0v) is 10.6. The van der Waals surface area contributed by atoms with Crippen molar-refractivity contribution in [1.29, 1.82) is 0 Å². The normalized spacial score (nSPS) is 18.7. The predicted molar refractivity (Wildman–Crippen MR) is 68.0 cm³/mol. The molecule has 0 spiro atoms. The monoisotopic (exact) mass is 249 g/mol. The summed E-state index contributed by atoms with van der Waals surface area (Å²) in [5.74, 6) is 0.00986. The molecule has 6 nitrogen and oxygen atoms in total. The van der Waals surface area contributed by atoms with E-state index in [2.05, 4.69) is 21.8 Å². The highest BCUT2D eigenvalue weighted by molar-refractivity contribution is 5.93. The zero-order valence-electron chi connectivity index (χ0n) is 10.6. The van der Waals surface area contributed by atoms with E-state index in [1.165, 1.54) is 6.33 Å². The Kier molecular flexibility index (Phi) is 4.22. The molecule has 1 unspecified atom stereocenters. The third kappa shape index (κ3) is 2.83. The van der Waals surface area contributed by atoms with Crippen molar-refractivity contribution in [3.05, 3.63) is 24.3 Å². The lowest BCUT2D eigenvalue weighted by Gasteiger charge is -2.37. The van der Waals surface area contributed by atoms with E-state index in [1.807, 2.05) is 4.90 Å². The molecule has 1 aliphatic heterocycles. The van der Waals surface area contributed by atoms with Gasteiger partial charge in [-0.2, -0.15) is 0 Å². The van der Waals surface area contributed by atoms with Crippen molar-refractivity contribution in [3.8, 4) is 0 Å². The van der Waals surface area contributed by atoms with E-state index in [1.54, 1.807) is 12.4 Å². The lowest BCUT2D eigenvalue weighted by molar-refractivity contribution is 0.0588. The van der Waals surface area contributed by atoms with Gasteiger partial charge < -0.3 is 10.6 Å². The number of amides is 1. The molecule has 18 heavy (non-hydrogen) atoms. The van der Waals surface area contributed by atoms with Gasteiger partial charge in [0.15, 0.2) is 0 Å². The van der Waals surface area contributed by atoms with Crippen molar-refractivity contribution < 1.29 is 4.79 Å². The van der Waals surface area contributed by atoms with Crippen molar-refractivity contribution in [2.75, 3.05) is 32.7 Å². The van der Waals surface area contributed by atoms with Gasteiger partial charge in [0.2, 0.25) is 0 Å². The highest BCUT2D eigenvalue weighted by Gasteiger charge is 2.24. The second-order valence-corrected chi connectivity index (χ2v) is 4.54. The topological polar surface area (TPSA) is 75.3 Å². The summed E-state index contributed by atoms with van der Waals surface area (Å²) < 4.78 is 0. The Morgan fingerprint density at radius 3 is 2.50 bits per heavy atom. The first-order valence-electron chi connectivity index (χ1n) is 6.20. The first kappa shape index (κ1) is 12.9. The number of hydrogen-bond acceptors (Lipinski definition) is 5. The van der Waals surface area contributed by atoms with Crippen LogP contribution in [0.25, 0.3) is 0 Å². The number of piperazine rings is 1. The first-order chi connectivity index (χ1) is 8.72. The lowest BCUT2D eigenvalue weighted by atomic mass is 10.2. The van der Waals surface area contributed by atoms with Crippen LogP contribution in [-0.2, 0) is 0 Å². The summed E-state index contributed by atoms with van der Waals surface area (Å²) in [5.41, 5.74) is 6.20. The van der Waals surface area contributed by atoms with E-state index in [-0.39, 0.29) is 5.91 Å². The Hall–Kier alpha value is -1.53. The molecule has 0 aliphatic carbocycles. The van der Waals surface area contributed by atoms with Crippen LogP contribution in [0.4, 0.5) is 0 Å². The van der Waals surface area contributed by atoms with Gasteiger partial charge >= 0.3 is 0 Å². The van der Waals surface area contributed by atoms with E-state index in [0.29, 0.717) is 18.2 Å². The molecule has 2 heterocycles.